The Morgan fingerprint density at radius 1 is 1.30 bits per heavy atom. The largest absolute Gasteiger partial charge is 0.312 e. The molecule has 1 aromatic carbocycles. The van der Waals surface area contributed by atoms with E-state index in [1.54, 1.807) is 6.07 Å². The molecular weight excluding hydrogens is 253 g/mol. The molecule has 0 amide bonds. The zero-order chi connectivity index (χ0) is 14.1. The lowest BCUT2D eigenvalue weighted by Crippen LogP contribution is -2.26. The van der Waals surface area contributed by atoms with Gasteiger partial charge in [0.05, 0.1) is 5.69 Å². The van der Waals surface area contributed by atoms with Gasteiger partial charge >= 0.3 is 0 Å². The van der Waals surface area contributed by atoms with E-state index in [0.29, 0.717) is 5.82 Å². The molecule has 0 atom stereocenters. The second-order valence-electron chi connectivity index (χ2n) is 5.16. The molecule has 0 saturated heterocycles. The van der Waals surface area contributed by atoms with Gasteiger partial charge in [-0.3, -0.25) is 0 Å². The summed E-state index contributed by atoms with van der Waals surface area (Å²) in [5.41, 5.74) is 5.19. The van der Waals surface area contributed by atoms with Crippen molar-refractivity contribution >= 4 is 0 Å². The highest BCUT2D eigenvalue weighted by Gasteiger charge is 2.18. The van der Waals surface area contributed by atoms with Gasteiger partial charge in [0.2, 0.25) is 0 Å². The molecule has 0 bridgehead atoms. The Balaban J connectivity index is 2.17. The van der Waals surface area contributed by atoms with Crippen LogP contribution in [0.4, 0.5) is 4.39 Å². The first-order valence-electron chi connectivity index (χ1n) is 7.05. The van der Waals surface area contributed by atoms with Gasteiger partial charge in [-0.15, -0.1) is 0 Å². The van der Waals surface area contributed by atoms with Crippen LogP contribution in [-0.2, 0) is 19.4 Å². The molecule has 1 aromatic heterocycles. The molecule has 1 N–H and O–H groups in total. The van der Waals surface area contributed by atoms with Crippen LogP contribution >= 0.6 is 0 Å². The maximum absolute atomic E-state index is 13.5. The van der Waals surface area contributed by atoms with Crippen LogP contribution in [0, 0.1) is 12.7 Å². The number of nitrogens with zero attached hydrogens (tertiary/aromatic N) is 2. The van der Waals surface area contributed by atoms with Crippen molar-refractivity contribution in [3.05, 3.63) is 46.5 Å². The molecule has 0 spiro atoms. The Kier molecular flexibility index (Phi) is 3.49. The normalized spacial score (nSPS) is 14.2. The highest BCUT2D eigenvalue weighted by Crippen LogP contribution is 2.25. The minimum Gasteiger partial charge on any atom is -0.312 e. The van der Waals surface area contributed by atoms with Crippen LogP contribution in [0.15, 0.2) is 18.2 Å². The van der Waals surface area contributed by atoms with Crippen LogP contribution in [0.2, 0.25) is 0 Å². The molecule has 3 nitrogen and oxygen atoms in total. The standard InChI is InChI=1S/C16H18FN3/c1-3-14-13-9-18-7-6-15(13)20-16(19-14)12-8-11(17)5-4-10(12)2/h4-5,8,18H,3,6-7,9H2,1-2H3. The Hall–Kier alpha value is -1.81. The Bertz CT molecular complexity index is 635. The summed E-state index contributed by atoms with van der Waals surface area (Å²) in [6, 6.07) is 4.78. The van der Waals surface area contributed by atoms with E-state index in [9.17, 15) is 4.39 Å². The fourth-order valence-corrected chi connectivity index (χ4v) is 2.66. The van der Waals surface area contributed by atoms with Gasteiger partial charge in [0.25, 0.3) is 0 Å². The second-order valence-corrected chi connectivity index (χ2v) is 5.16. The zero-order valence-corrected chi connectivity index (χ0v) is 11.8. The molecule has 20 heavy (non-hydrogen) atoms. The predicted octanol–water partition coefficient (Wildman–Crippen LogP) is 2.80. The van der Waals surface area contributed by atoms with Crippen molar-refractivity contribution in [1.82, 2.24) is 15.3 Å². The van der Waals surface area contributed by atoms with Crippen molar-refractivity contribution in [3.63, 3.8) is 0 Å². The van der Waals surface area contributed by atoms with E-state index >= 15 is 0 Å². The Morgan fingerprint density at radius 3 is 2.95 bits per heavy atom. The number of benzene rings is 1. The quantitative estimate of drug-likeness (QED) is 0.912. The van der Waals surface area contributed by atoms with Crippen LogP contribution < -0.4 is 5.32 Å². The molecule has 0 saturated carbocycles. The summed E-state index contributed by atoms with van der Waals surface area (Å²) < 4.78 is 13.5. The third-order valence-electron chi connectivity index (χ3n) is 3.79. The van der Waals surface area contributed by atoms with Gasteiger partial charge in [0.15, 0.2) is 5.82 Å². The molecule has 104 valence electrons. The van der Waals surface area contributed by atoms with Gasteiger partial charge in [0, 0.05) is 36.3 Å². The summed E-state index contributed by atoms with van der Waals surface area (Å²) in [7, 11) is 0. The first-order chi connectivity index (χ1) is 9.69. The fraction of sp³-hybridized carbons (Fsp3) is 0.375. The van der Waals surface area contributed by atoms with Gasteiger partial charge in [-0.25, -0.2) is 14.4 Å². The van der Waals surface area contributed by atoms with Gasteiger partial charge in [-0.2, -0.15) is 0 Å². The summed E-state index contributed by atoms with van der Waals surface area (Å²) in [5, 5.41) is 3.36. The maximum atomic E-state index is 13.5. The summed E-state index contributed by atoms with van der Waals surface area (Å²) in [4.78, 5) is 9.34. The summed E-state index contributed by atoms with van der Waals surface area (Å²) in [5.74, 6) is 0.408. The van der Waals surface area contributed by atoms with Crippen molar-refractivity contribution < 1.29 is 4.39 Å². The smallest absolute Gasteiger partial charge is 0.160 e. The van der Waals surface area contributed by atoms with Crippen LogP contribution in [0.1, 0.15) is 29.4 Å². The average molecular weight is 271 g/mol. The molecule has 2 aromatic rings. The minimum absolute atomic E-state index is 0.244. The van der Waals surface area contributed by atoms with E-state index < -0.39 is 0 Å². The van der Waals surface area contributed by atoms with Crippen molar-refractivity contribution in [3.8, 4) is 11.4 Å². The third-order valence-corrected chi connectivity index (χ3v) is 3.79. The van der Waals surface area contributed by atoms with Gasteiger partial charge in [-0.1, -0.05) is 13.0 Å². The number of fused-ring (bicyclic) bond motifs is 1. The number of aromatic nitrogens is 2. The summed E-state index contributed by atoms with van der Waals surface area (Å²) in [6.45, 7) is 5.83. The number of aryl methyl sites for hydroxylation is 2. The molecule has 1 aliphatic heterocycles. The Labute approximate surface area is 118 Å². The lowest BCUT2D eigenvalue weighted by Gasteiger charge is -2.20. The molecular formula is C16H18FN3. The van der Waals surface area contributed by atoms with E-state index in [-0.39, 0.29) is 5.82 Å². The first kappa shape index (κ1) is 13.2. The highest BCUT2D eigenvalue weighted by atomic mass is 19.1. The molecule has 0 aliphatic carbocycles. The van der Waals surface area contributed by atoms with Crippen LogP contribution in [0.25, 0.3) is 11.4 Å². The fourth-order valence-electron chi connectivity index (χ4n) is 2.66. The predicted molar refractivity (Wildman–Crippen MR) is 77.0 cm³/mol. The van der Waals surface area contributed by atoms with E-state index in [1.165, 1.54) is 17.7 Å². The van der Waals surface area contributed by atoms with E-state index in [2.05, 4.69) is 22.2 Å². The maximum Gasteiger partial charge on any atom is 0.160 e. The molecule has 4 heteroatoms. The number of nitrogens with one attached hydrogen (secondary N) is 1. The van der Waals surface area contributed by atoms with Crippen LogP contribution in [0.3, 0.4) is 0 Å². The minimum atomic E-state index is -0.244. The molecule has 1 aliphatic rings. The molecule has 0 radical (unpaired) electrons. The third kappa shape index (κ3) is 2.31. The van der Waals surface area contributed by atoms with Crippen LogP contribution in [0.5, 0.6) is 0 Å². The topological polar surface area (TPSA) is 37.8 Å². The lowest BCUT2D eigenvalue weighted by molar-refractivity contribution is 0.617. The highest BCUT2D eigenvalue weighted by molar-refractivity contribution is 5.60. The average Bonchev–Trinajstić information content (AvgIpc) is 2.48. The molecule has 2 heterocycles. The van der Waals surface area contributed by atoms with E-state index in [0.717, 1.165) is 48.4 Å². The van der Waals surface area contributed by atoms with Gasteiger partial charge < -0.3 is 5.32 Å². The molecule has 0 fully saturated rings. The zero-order valence-electron chi connectivity index (χ0n) is 11.8. The number of halogens is 1. The lowest BCUT2D eigenvalue weighted by atomic mass is 10.0. The van der Waals surface area contributed by atoms with E-state index in [4.69, 9.17) is 0 Å². The molecule has 3 rings (SSSR count). The van der Waals surface area contributed by atoms with Gasteiger partial charge in [-0.05, 0) is 31.0 Å². The van der Waals surface area contributed by atoms with Crippen molar-refractivity contribution in [2.75, 3.05) is 6.54 Å². The molecule has 0 unspecified atom stereocenters. The summed E-state index contributed by atoms with van der Waals surface area (Å²) >= 11 is 0. The van der Waals surface area contributed by atoms with Crippen LogP contribution in [-0.4, -0.2) is 16.5 Å². The number of hydrogen-bond acceptors (Lipinski definition) is 3. The van der Waals surface area contributed by atoms with Crippen molar-refractivity contribution in [2.24, 2.45) is 0 Å². The number of rotatable bonds is 2. The second kappa shape index (κ2) is 5.29. The Morgan fingerprint density at radius 2 is 2.15 bits per heavy atom. The monoisotopic (exact) mass is 271 g/mol. The first-order valence-corrected chi connectivity index (χ1v) is 7.05. The SMILES string of the molecule is CCc1nc(-c2cc(F)ccc2C)nc2c1CNCC2. The van der Waals surface area contributed by atoms with Gasteiger partial charge in [0.1, 0.15) is 5.82 Å². The summed E-state index contributed by atoms with van der Waals surface area (Å²) in [6.07, 6.45) is 1.78. The van der Waals surface area contributed by atoms with E-state index in [1.807, 2.05) is 6.92 Å². The van der Waals surface area contributed by atoms with Crippen molar-refractivity contribution in [2.45, 2.75) is 33.2 Å². The number of hydrogen-bond donors (Lipinski definition) is 1. The van der Waals surface area contributed by atoms with Crippen molar-refractivity contribution in [1.29, 1.82) is 0 Å².